The standard InChI is InChI=1S/C8H10N2O5S2/c1-10(3-7(9)11)17(14,15)5-2-6(8(12)13)16-4-5/h2,4H,3H2,1H3,(H2,9,11)(H,12,13). The number of thiophene rings is 1. The van der Waals surface area contributed by atoms with Crippen LogP contribution in [0.4, 0.5) is 0 Å². The highest BCUT2D eigenvalue weighted by Gasteiger charge is 2.24. The summed E-state index contributed by atoms with van der Waals surface area (Å²) < 4.78 is 24.4. The van der Waals surface area contributed by atoms with E-state index in [2.05, 4.69) is 0 Å². The number of primary amides is 1. The molecule has 1 heterocycles. The minimum Gasteiger partial charge on any atom is -0.477 e. The maximum absolute atomic E-state index is 11.8. The number of rotatable bonds is 5. The number of carbonyl (C=O) groups is 2. The number of carbonyl (C=O) groups excluding carboxylic acids is 1. The Hall–Kier alpha value is -1.45. The molecule has 9 heteroatoms. The zero-order chi connectivity index (χ0) is 13.2. The fraction of sp³-hybridized carbons (Fsp3) is 0.250. The molecule has 7 nitrogen and oxygen atoms in total. The average molecular weight is 278 g/mol. The molecule has 0 radical (unpaired) electrons. The molecule has 1 amide bonds. The van der Waals surface area contributed by atoms with Gasteiger partial charge in [0.05, 0.1) is 11.4 Å². The summed E-state index contributed by atoms with van der Waals surface area (Å²) in [5.74, 6) is -1.99. The van der Waals surface area contributed by atoms with Gasteiger partial charge in [-0.25, -0.2) is 13.2 Å². The molecule has 1 rings (SSSR count). The molecule has 0 spiro atoms. The van der Waals surface area contributed by atoms with Gasteiger partial charge < -0.3 is 10.8 Å². The number of nitrogens with two attached hydrogens (primary N) is 1. The van der Waals surface area contributed by atoms with Gasteiger partial charge in [0.25, 0.3) is 0 Å². The van der Waals surface area contributed by atoms with Crippen LogP contribution in [0.1, 0.15) is 9.67 Å². The Kier molecular flexibility index (Phi) is 3.86. The summed E-state index contributed by atoms with van der Waals surface area (Å²) in [6.07, 6.45) is 0. The highest BCUT2D eigenvalue weighted by atomic mass is 32.2. The van der Waals surface area contributed by atoms with E-state index in [9.17, 15) is 18.0 Å². The van der Waals surface area contributed by atoms with Crippen LogP contribution in [0.5, 0.6) is 0 Å². The minimum atomic E-state index is -3.87. The maximum atomic E-state index is 11.8. The molecule has 3 N–H and O–H groups in total. The van der Waals surface area contributed by atoms with Gasteiger partial charge in [0.15, 0.2) is 0 Å². The number of aromatic carboxylic acids is 1. The van der Waals surface area contributed by atoms with Gasteiger partial charge >= 0.3 is 5.97 Å². The van der Waals surface area contributed by atoms with Crippen LogP contribution in [-0.2, 0) is 14.8 Å². The molecule has 0 bridgehead atoms. The maximum Gasteiger partial charge on any atom is 0.345 e. The van der Waals surface area contributed by atoms with Gasteiger partial charge in [-0.05, 0) is 6.07 Å². The number of carboxylic acids is 1. The second-order valence-electron chi connectivity index (χ2n) is 3.18. The van der Waals surface area contributed by atoms with Crippen LogP contribution in [0.15, 0.2) is 16.3 Å². The van der Waals surface area contributed by atoms with E-state index in [4.69, 9.17) is 10.8 Å². The van der Waals surface area contributed by atoms with Crippen LogP contribution in [0.2, 0.25) is 0 Å². The van der Waals surface area contributed by atoms with E-state index in [1.165, 1.54) is 12.4 Å². The molecular weight excluding hydrogens is 268 g/mol. The largest absolute Gasteiger partial charge is 0.477 e. The lowest BCUT2D eigenvalue weighted by Crippen LogP contribution is -2.35. The van der Waals surface area contributed by atoms with Crippen LogP contribution < -0.4 is 5.73 Å². The third-order valence-corrected chi connectivity index (χ3v) is 4.72. The molecule has 0 atom stereocenters. The Labute approximate surface area is 102 Å². The first-order chi connectivity index (χ1) is 7.75. The number of carboxylic acid groups (broad SMARTS) is 1. The van der Waals surface area contributed by atoms with Gasteiger partial charge in [0.2, 0.25) is 15.9 Å². The highest BCUT2D eigenvalue weighted by Crippen LogP contribution is 2.21. The third-order valence-electron chi connectivity index (χ3n) is 1.87. The fourth-order valence-corrected chi connectivity index (χ4v) is 3.29. The third kappa shape index (κ3) is 3.02. The van der Waals surface area contributed by atoms with Gasteiger partial charge in [0.1, 0.15) is 4.88 Å². The molecule has 0 saturated heterocycles. The summed E-state index contributed by atoms with van der Waals surface area (Å²) in [6, 6.07) is 1.04. The SMILES string of the molecule is CN(CC(N)=O)S(=O)(=O)c1csc(C(=O)O)c1. The molecule has 0 saturated carbocycles. The van der Waals surface area contributed by atoms with Gasteiger partial charge in [-0.1, -0.05) is 0 Å². The lowest BCUT2D eigenvalue weighted by Gasteiger charge is -2.13. The minimum absolute atomic E-state index is 0.0870. The van der Waals surface area contributed by atoms with E-state index in [1.54, 1.807) is 0 Å². The van der Waals surface area contributed by atoms with Crippen molar-refractivity contribution in [2.45, 2.75) is 4.90 Å². The molecule has 1 aromatic rings. The summed E-state index contributed by atoms with van der Waals surface area (Å²) in [6.45, 7) is -0.458. The van der Waals surface area contributed by atoms with E-state index in [0.29, 0.717) is 0 Å². The van der Waals surface area contributed by atoms with Crippen molar-refractivity contribution < 1.29 is 23.1 Å². The number of sulfonamides is 1. The average Bonchev–Trinajstić information content (AvgIpc) is 2.65. The lowest BCUT2D eigenvalue weighted by atomic mass is 10.5. The lowest BCUT2D eigenvalue weighted by molar-refractivity contribution is -0.118. The van der Waals surface area contributed by atoms with Crippen molar-refractivity contribution in [1.29, 1.82) is 0 Å². The number of amides is 1. The second-order valence-corrected chi connectivity index (χ2v) is 6.14. The van der Waals surface area contributed by atoms with Crippen molar-refractivity contribution in [3.8, 4) is 0 Å². The molecule has 0 aromatic carbocycles. The molecular formula is C8H10N2O5S2. The van der Waals surface area contributed by atoms with Gasteiger partial charge in [0, 0.05) is 12.4 Å². The molecule has 0 fully saturated rings. The van der Waals surface area contributed by atoms with E-state index >= 15 is 0 Å². The van der Waals surface area contributed by atoms with Gasteiger partial charge in [-0.3, -0.25) is 4.79 Å². The van der Waals surface area contributed by atoms with Crippen molar-refractivity contribution in [3.63, 3.8) is 0 Å². The van der Waals surface area contributed by atoms with E-state index in [-0.39, 0.29) is 9.77 Å². The Morgan fingerprint density at radius 3 is 2.53 bits per heavy atom. The van der Waals surface area contributed by atoms with Crippen LogP contribution in [0, 0.1) is 0 Å². The Morgan fingerprint density at radius 2 is 2.12 bits per heavy atom. The summed E-state index contributed by atoms with van der Waals surface area (Å²) >= 11 is 0.799. The topological polar surface area (TPSA) is 118 Å². The molecule has 0 aliphatic heterocycles. The van der Waals surface area contributed by atoms with Gasteiger partial charge in [-0.2, -0.15) is 4.31 Å². The van der Waals surface area contributed by atoms with Crippen LogP contribution >= 0.6 is 11.3 Å². The molecule has 0 aliphatic rings. The summed E-state index contributed by atoms with van der Waals surface area (Å²) in [7, 11) is -2.67. The Morgan fingerprint density at radius 1 is 1.53 bits per heavy atom. The van der Waals surface area contributed by atoms with Gasteiger partial charge in [-0.15, -0.1) is 11.3 Å². The molecule has 0 unspecified atom stereocenters. The first-order valence-corrected chi connectivity index (χ1v) is 6.63. The van der Waals surface area contributed by atoms with Crippen molar-refractivity contribution in [1.82, 2.24) is 4.31 Å². The van der Waals surface area contributed by atoms with Crippen molar-refractivity contribution >= 4 is 33.2 Å². The summed E-state index contributed by atoms with van der Waals surface area (Å²) in [4.78, 5) is 21.0. The second kappa shape index (κ2) is 4.82. The van der Waals surface area contributed by atoms with Crippen molar-refractivity contribution in [2.75, 3.05) is 13.6 Å². The normalized spacial score (nSPS) is 11.6. The van der Waals surface area contributed by atoms with Crippen molar-refractivity contribution in [2.24, 2.45) is 5.73 Å². The van der Waals surface area contributed by atoms with Crippen molar-refractivity contribution in [3.05, 3.63) is 16.3 Å². The van der Waals surface area contributed by atoms with Crippen LogP contribution in [0.3, 0.4) is 0 Å². The summed E-state index contributed by atoms with van der Waals surface area (Å²) in [5, 5.41) is 9.88. The Bertz CT molecular complexity index is 548. The monoisotopic (exact) mass is 278 g/mol. The molecule has 1 aromatic heterocycles. The quantitative estimate of drug-likeness (QED) is 0.756. The number of hydrogen-bond acceptors (Lipinski definition) is 5. The van der Waals surface area contributed by atoms with Crippen LogP contribution in [-0.4, -0.2) is 43.3 Å². The number of nitrogens with zero attached hydrogens (tertiary/aromatic N) is 1. The number of likely N-dealkylation sites (N-methyl/N-ethyl adjacent to an activating group) is 1. The predicted molar refractivity (Wildman–Crippen MR) is 60.3 cm³/mol. The molecule has 0 aliphatic carbocycles. The molecule has 94 valence electrons. The first-order valence-electron chi connectivity index (χ1n) is 4.31. The van der Waals surface area contributed by atoms with E-state index in [0.717, 1.165) is 21.7 Å². The Balaban J connectivity index is 3.04. The highest BCUT2D eigenvalue weighted by molar-refractivity contribution is 7.89. The summed E-state index contributed by atoms with van der Waals surface area (Å²) in [5.41, 5.74) is 4.89. The zero-order valence-electron chi connectivity index (χ0n) is 8.78. The van der Waals surface area contributed by atoms with E-state index < -0.39 is 28.4 Å². The predicted octanol–water partition coefficient (Wildman–Crippen LogP) is -0.448. The fourth-order valence-electron chi connectivity index (χ4n) is 1.05. The zero-order valence-corrected chi connectivity index (χ0v) is 10.4. The molecule has 17 heavy (non-hydrogen) atoms. The first kappa shape index (κ1) is 13.6. The smallest absolute Gasteiger partial charge is 0.345 e. The number of hydrogen-bond donors (Lipinski definition) is 2. The van der Waals surface area contributed by atoms with E-state index in [1.807, 2.05) is 0 Å². The van der Waals surface area contributed by atoms with Crippen LogP contribution in [0.25, 0.3) is 0 Å².